The second-order valence-corrected chi connectivity index (χ2v) is 3.18. The average molecular weight is 200 g/mol. The molecule has 0 aromatic carbocycles. The van der Waals surface area contributed by atoms with Gasteiger partial charge in [-0.25, -0.2) is 0 Å². The second-order valence-electron chi connectivity index (χ2n) is 3.18. The largest absolute Gasteiger partial charge is 0.673 e. The fourth-order valence-electron chi connectivity index (χ4n) is 1.50. The van der Waals surface area contributed by atoms with E-state index in [1.165, 1.54) is 25.8 Å². The van der Waals surface area contributed by atoms with Gasteiger partial charge in [0.2, 0.25) is 0 Å². The maximum absolute atomic E-state index is 9.75. The highest BCUT2D eigenvalue weighted by molar-refractivity contribution is 6.50. The molecular weight excluding hydrogens is 185 g/mol. The van der Waals surface area contributed by atoms with E-state index in [2.05, 4.69) is 18.9 Å². The van der Waals surface area contributed by atoms with E-state index >= 15 is 0 Å². The molecule has 0 radical (unpaired) electrons. The smallest absolute Gasteiger partial charge is 0.418 e. The van der Waals surface area contributed by atoms with E-state index in [-0.39, 0.29) is 0 Å². The zero-order chi connectivity index (χ0) is 10.5. The van der Waals surface area contributed by atoms with E-state index in [1.54, 1.807) is 0 Å². The van der Waals surface area contributed by atoms with Crippen molar-refractivity contribution < 1.29 is 17.3 Å². The van der Waals surface area contributed by atoms with E-state index in [0.29, 0.717) is 0 Å². The highest BCUT2D eigenvalue weighted by Crippen LogP contribution is 2.16. The van der Waals surface area contributed by atoms with Gasteiger partial charge in [0.05, 0.1) is 0 Å². The minimum Gasteiger partial charge on any atom is -0.418 e. The minimum atomic E-state index is -6.00. The van der Waals surface area contributed by atoms with Gasteiger partial charge in [-0.3, -0.25) is 0 Å². The van der Waals surface area contributed by atoms with Crippen molar-refractivity contribution in [2.45, 2.75) is 32.2 Å². The molecule has 13 heavy (non-hydrogen) atoms. The van der Waals surface area contributed by atoms with Crippen LogP contribution in [0.5, 0.6) is 0 Å². The summed E-state index contributed by atoms with van der Waals surface area (Å²) < 4.78 is 39.0. The molecule has 0 aromatic rings. The molecule has 1 aliphatic rings. The van der Waals surface area contributed by atoms with Crippen molar-refractivity contribution in [2.75, 3.05) is 13.6 Å². The predicted octanol–water partition coefficient (Wildman–Crippen LogP) is 2.79. The fourth-order valence-corrected chi connectivity index (χ4v) is 1.50. The molecule has 0 aliphatic carbocycles. The van der Waals surface area contributed by atoms with E-state index < -0.39 is 7.25 Å². The Kier molecular flexibility index (Phi) is 5.36. The van der Waals surface area contributed by atoms with Crippen molar-refractivity contribution in [1.82, 2.24) is 4.90 Å². The predicted molar refractivity (Wildman–Crippen MR) is 46.1 cm³/mol. The summed E-state index contributed by atoms with van der Waals surface area (Å²) in [5.74, 6) is 0. The van der Waals surface area contributed by atoms with Gasteiger partial charge in [0, 0.05) is 6.04 Å². The molecule has 1 heterocycles. The first kappa shape index (κ1) is 12.7. The molecule has 1 rings (SSSR count). The summed E-state index contributed by atoms with van der Waals surface area (Å²) in [6.45, 7) is 3.59. The summed E-state index contributed by atoms with van der Waals surface area (Å²) in [7, 11) is -3.78. The van der Waals surface area contributed by atoms with E-state index in [4.69, 9.17) is 0 Å². The topological polar surface area (TPSA) is 3.24 Å². The lowest BCUT2D eigenvalue weighted by molar-refractivity contribution is 0.304. The zero-order valence-electron chi connectivity index (χ0n) is 7.94. The average Bonchev–Trinajstić information content (AvgIpc) is 2.31. The maximum Gasteiger partial charge on any atom is 0.673 e. The van der Waals surface area contributed by atoms with Crippen LogP contribution < -0.4 is 0 Å². The van der Waals surface area contributed by atoms with Crippen LogP contribution in [0.3, 0.4) is 0 Å². The normalized spacial score (nSPS) is 24.0. The van der Waals surface area contributed by atoms with Gasteiger partial charge in [-0.15, -0.1) is 0 Å². The summed E-state index contributed by atoms with van der Waals surface area (Å²) in [6.07, 6.45) is 4.17. The van der Waals surface area contributed by atoms with Gasteiger partial charge in [0.1, 0.15) is 0 Å². The Balaban J connectivity index is 0.000000252. The Hall–Kier alpha value is -0.255. The Morgan fingerprint density at radius 2 is 1.77 bits per heavy atom. The molecule has 1 saturated heterocycles. The van der Waals surface area contributed by atoms with Crippen LogP contribution in [0.4, 0.5) is 17.3 Å². The molecule has 1 aliphatic heterocycles. The Bertz CT molecular complexity index is 133. The monoisotopic (exact) mass is 200 g/mol. The lowest BCUT2D eigenvalue weighted by Crippen LogP contribution is -2.23. The van der Waals surface area contributed by atoms with Crippen molar-refractivity contribution >= 4 is 7.25 Å². The quantitative estimate of drug-likeness (QED) is 0.464. The summed E-state index contributed by atoms with van der Waals surface area (Å²) in [6, 6.07) is 0.898. The number of hydrogen-bond donors (Lipinski definition) is 0. The fraction of sp³-hybridized carbons (Fsp3) is 1.00. The lowest BCUT2D eigenvalue weighted by Gasteiger charge is -2.16. The Morgan fingerprint density at radius 3 is 1.92 bits per heavy atom. The SMILES string of the molecule is CCC1CCCN1C.F[B-](F)(F)F. The molecule has 6 heteroatoms. The van der Waals surface area contributed by atoms with Crippen LogP contribution in [0.1, 0.15) is 26.2 Å². The molecule has 1 nitrogen and oxygen atoms in total. The molecule has 0 bridgehead atoms. The van der Waals surface area contributed by atoms with E-state index in [0.717, 1.165) is 6.04 Å². The van der Waals surface area contributed by atoms with Crippen LogP contribution in [-0.4, -0.2) is 31.8 Å². The molecule has 1 fully saturated rings. The number of rotatable bonds is 1. The summed E-state index contributed by atoms with van der Waals surface area (Å²) in [5, 5.41) is 0. The van der Waals surface area contributed by atoms with Crippen LogP contribution in [-0.2, 0) is 0 Å². The van der Waals surface area contributed by atoms with E-state index in [9.17, 15) is 17.3 Å². The number of likely N-dealkylation sites (tertiary alicyclic amines) is 1. The summed E-state index contributed by atoms with van der Waals surface area (Å²) in [4.78, 5) is 2.46. The van der Waals surface area contributed by atoms with Crippen LogP contribution in [0.15, 0.2) is 0 Å². The van der Waals surface area contributed by atoms with E-state index in [1.807, 2.05) is 0 Å². The molecule has 1 atom stereocenters. The van der Waals surface area contributed by atoms with Crippen molar-refractivity contribution in [3.8, 4) is 0 Å². The second kappa shape index (κ2) is 5.47. The highest BCUT2D eigenvalue weighted by Gasteiger charge is 2.20. The molecule has 1 unspecified atom stereocenters. The van der Waals surface area contributed by atoms with Crippen LogP contribution >= 0.6 is 0 Å². The molecular formula is C7H15BF4N-. The van der Waals surface area contributed by atoms with Gasteiger partial charge >= 0.3 is 7.25 Å². The Morgan fingerprint density at radius 1 is 1.31 bits per heavy atom. The first-order valence-electron chi connectivity index (χ1n) is 4.42. The third kappa shape index (κ3) is 8.09. The van der Waals surface area contributed by atoms with Crippen molar-refractivity contribution in [3.63, 3.8) is 0 Å². The van der Waals surface area contributed by atoms with Crippen LogP contribution in [0.25, 0.3) is 0 Å². The van der Waals surface area contributed by atoms with Gasteiger partial charge in [-0.2, -0.15) is 0 Å². The van der Waals surface area contributed by atoms with Gasteiger partial charge in [-0.05, 0) is 32.9 Å². The van der Waals surface area contributed by atoms with Gasteiger partial charge in [0.15, 0.2) is 0 Å². The first-order valence-corrected chi connectivity index (χ1v) is 4.42. The molecule has 0 N–H and O–H groups in total. The number of hydrogen-bond acceptors (Lipinski definition) is 1. The maximum atomic E-state index is 9.75. The third-order valence-corrected chi connectivity index (χ3v) is 2.14. The highest BCUT2D eigenvalue weighted by atomic mass is 19.5. The molecule has 80 valence electrons. The number of halogens is 4. The molecule has 0 amide bonds. The third-order valence-electron chi connectivity index (χ3n) is 2.14. The molecule has 0 aromatic heterocycles. The Labute approximate surface area is 76.2 Å². The lowest BCUT2D eigenvalue weighted by atomic mass is 10.2. The van der Waals surface area contributed by atoms with Gasteiger partial charge in [-0.1, -0.05) is 6.92 Å². The standard InChI is InChI=1S/C7H15N.BF4/c1-3-7-5-4-6-8(7)2;2-1(3,4)5/h7H,3-6H2,1-2H3;/q;-1. The molecule has 0 spiro atoms. The summed E-state index contributed by atoms with van der Waals surface area (Å²) in [5.41, 5.74) is 0. The first-order chi connectivity index (χ1) is 5.84. The minimum absolute atomic E-state index is 0.898. The van der Waals surface area contributed by atoms with Crippen LogP contribution in [0, 0.1) is 0 Å². The van der Waals surface area contributed by atoms with Gasteiger partial charge in [0.25, 0.3) is 0 Å². The molecule has 0 saturated carbocycles. The van der Waals surface area contributed by atoms with Crippen LogP contribution in [0.2, 0.25) is 0 Å². The van der Waals surface area contributed by atoms with Gasteiger partial charge < -0.3 is 22.2 Å². The zero-order valence-corrected chi connectivity index (χ0v) is 7.94. The van der Waals surface area contributed by atoms with Crippen molar-refractivity contribution in [3.05, 3.63) is 0 Å². The number of nitrogens with zero attached hydrogens (tertiary/aromatic N) is 1. The van der Waals surface area contributed by atoms with Crippen molar-refractivity contribution in [2.24, 2.45) is 0 Å². The summed E-state index contributed by atoms with van der Waals surface area (Å²) >= 11 is 0. The van der Waals surface area contributed by atoms with Crippen molar-refractivity contribution in [1.29, 1.82) is 0 Å².